The smallest absolute Gasteiger partial charge is 0.0782 e. The van der Waals surface area contributed by atoms with Crippen LogP contribution in [0.2, 0.25) is 0 Å². The van der Waals surface area contributed by atoms with Crippen molar-refractivity contribution in [3.05, 3.63) is 29.3 Å². The number of anilines is 1. The second kappa shape index (κ2) is 4.34. The molecule has 0 radical (unpaired) electrons. The first kappa shape index (κ1) is 12.4. The molecule has 1 aromatic carbocycles. The fraction of sp³-hybridized carbons (Fsp3) is 0.600. The molecule has 0 amide bonds. The van der Waals surface area contributed by atoms with E-state index in [2.05, 4.69) is 51.2 Å². The van der Waals surface area contributed by atoms with Gasteiger partial charge in [0.25, 0.3) is 0 Å². The summed E-state index contributed by atoms with van der Waals surface area (Å²) in [6.45, 7) is 8.73. The Morgan fingerprint density at radius 2 is 2.06 bits per heavy atom. The lowest BCUT2D eigenvalue weighted by Crippen LogP contribution is -2.41. The predicted molar refractivity (Wildman–Crippen MR) is 72.4 cm³/mol. The zero-order valence-electron chi connectivity index (χ0n) is 11.2. The van der Waals surface area contributed by atoms with Crippen LogP contribution in [0.15, 0.2) is 18.2 Å². The van der Waals surface area contributed by atoms with Crippen LogP contribution in [0.4, 0.5) is 5.69 Å². The quantitative estimate of drug-likeness (QED) is 0.781. The number of aliphatic hydroxyl groups excluding tert-OH is 1. The predicted octanol–water partition coefficient (Wildman–Crippen LogP) is 3.13. The SMILES string of the molecule is Cc1ccc2c(c1)CC(O)C(CC(C)(C)C)N2. The van der Waals surface area contributed by atoms with Crippen molar-refractivity contribution in [1.29, 1.82) is 0 Å². The van der Waals surface area contributed by atoms with Gasteiger partial charge in [-0.05, 0) is 30.4 Å². The van der Waals surface area contributed by atoms with Gasteiger partial charge in [-0.1, -0.05) is 38.5 Å². The van der Waals surface area contributed by atoms with Gasteiger partial charge < -0.3 is 10.4 Å². The summed E-state index contributed by atoms with van der Waals surface area (Å²) >= 11 is 0. The van der Waals surface area contributed by atoms with Crippen molar-refractivity contribution in [3.8, 4) is 0 Å². The lowest BCUT2D eigenvalue weighted by Gasteiger charge is -2.35. The van der Waals surface area contributed by atoms with E-state index in [1.54, 1.807) is 0 Å². The van der Waals surface area contributed by atoms with Crippen LogP contribution in [0.1, 0.15) is 38.3 Å². The Labute approximate surface area is 104 Å². The van der Waals surface area contributed by atoms with Crippen LogP contribution in [-0.2, 0) is 6.42 Å². The average Bonchev–Trinajstić information content (AvgIpc) is 2.17. The van der Waals surface area contributed by atoms with Gasteiger partial charge in [0.05, 0.1) is 12.1 Å². The number of rotatable bonds is 1. The molecule has 2 rings (SSSR count). The fourth-order valence-electron chi connectivity index (χ4n) is 2.54. The Morgan fingerprint density at radius 3 is 2.71 bits per heavy atom. The Morgan fingerprint density at radius 1 is 1.35 bits per heavy atom. The molecule has 2 heteroatoms. The number of hydrogen-bond donors (Lipinski definition) is 2. The highest BCUT2D eigenvalue weighted by atomic mass is 16.3. The lowest BCUT2D eigenvalue weighted by molar-refractivity contribution is 0.126. The van der Waals surface area contributed by atoms with Gasteiger partial charge in [-0.2, -0.15) is 0 Å². The van der Waals surface area contributed by atoms with Crippen molar-refractivity contribution >= 4 is 5.69 Å². The number of aliphatic hydroxyl groups is 1. The standard InChI is InChI=1S/C15H23NO/c1-10-5-6-12-11(7-10)8-14(17)13(16-12)9-15(2,3)4/h5-7,13-14,16-17H,8-9H2,1-4H3. The summed E-state index contributed by atoms with van der Waals surface area (Å²) in [5, 5.41) is 13.7. The van der Waals surface area contributed by atoms with E-state index < -0.39 is 0 Å². The third kappa shape index (κ3) is 3.01. The number of nitrogens with one attached hydrogen (secondary N) is 1. The molecule has 1 aromatic rings. The van der Waals surface area contributed by atoms with Crippen molar-refractivity contribution in [2.45, 2.75) is 52.7 Å². The Balaban J connectivity index is 2.18. The topological polar surface area (TPSA) is 32.3 Å². The maximum absolute atomic E-state index is 10.2. The Bertz CT molecular complexity index is 406. The Kier molecular flexibility index (Phi) is 3.17. The number of benzene rings is 1. The van der Waals surface area contributed by atoms with Crippen LogP contribution >= 0.6 is 0 Å². The van der Waals surface area contributed by atoms with Gasteiger partial charge in [0.1, 0.15) is 0 Å². The van der Waals surface area contributed by atoms with Crippen molar-refractivity contribution < 1.29 is 5.11 Å². The summed E-state index contributed by atoms with van der Waals surface area (Å²) in [4.78, 5) is 0. The summed E-state index contributed by atoms with van der Waals surface area (Å²) in [5.74, 6) is 0. The maximum Gasteiger partial charge on any atom is 0.0782 e. The monoisotopic (exact) mass is 233 g/mol. The minimum Gasteiger partial charge on any atom is -0.391 e. The molecule has 2 atom stereocenters. The van der Waals surface area contributed by atoms with Crippen molar-refractivity contribution in [2.75, 3.05) is 5.32 Å². The molecule has 1 heterocycles. The van der Waals surface area contributed by atoms with Crippen LogP contribution in [0.3, 0.4) is 0 Å². The van der Waals surface area contributed by atoms with Gasteiger partial charge in [0.2, 0.25) is 0 Å². The zero-order chi connectivity index (χ0) is 12.6. The summed E-state index contributed by atoms with van der Waals surface area (Å²) in [6.07, 6.45) is 1.48. The van der Waals surface area contributed by atoms with Gasteiger partial charge in [-0.15, -0.1) is 0 Å². The highest BCUT2D eigenvalue weighted by molar-refractivity contribution is 5.55. The van der Waals surface area contributed by atoms with E-state index in [9.17, 15) is 5.11 Å². The third-order valence-electron chi connectivity index (χ3n) is 3.33. The van der Waals surface area contributed by atoms with E-state index in [1.807, 2.05) is 0 Å². The molecule has 17 heavy (non-hydrogen) atoms. The van der Waals surface area contributed by atoms with E-state index in [0.29, 0.717) is 0 Å². The van der Waals surface area contributed by atoms with Gasteiger partial charge >= 0.3 is 0 Å². The van der Waals surface area contributed by atoms with Crippen LogP contribution < -0.4 is 5.32 Å². The molecular weight excluding hydrogens is 210 g/mol. The molecule has 94 valence electrons. The van der Waals surface area contributed by atoms with E-state index in [4.69, 9.17) is 0 Å². The first-order valence-electron chi connectivity index (χ1n) is 6.39. The molecule has 0 aromatic heterocycles. The fourth-order valence-corrected chi connectivity index (χ4v) is 2.54. The molecule has 2 unspecified atom stereocenters. The molecule has 2 nitrogen and oxygen atoms in total. The van der Waals surface area contributed by atoms with Crippen LogP contribution in [0.25, 0.3) is 0 Å². The molecule has 1 aliphatic rings. The maximum atomic E-state index is 10.2. The molecule has 0 aliphatic carbocycles. The second-order valence-corrected chi connectivity index (χ2v) is 6.45. The largest absolute Gasteiger partial charge is 0.391 e. The minimum atomic E-state index is -0.275. The van der Waals surface area contributed by atoms with Crippen molar-refractivity contribution in [2.24, 2.45) is 5.41 Å². The number of hydrogen-bond acceptors (Lipinski definition) is 2. The molecular formula is C15H23NO. The van der Waals surface area contributed by atoms with Gasteiger partial charge in [0.15, 0.2) is 0 Å². The van der Waals surface area contributed by atoms with E-state index in [0.717, 1.165) is 12.8 Å². The minimum absolute atomic E-state index is 0.171. The summed E-state index contributed by atoms with van der Waals surface area (Å²) in [6, 6.07) is 6.59. The molecule has 2 N–H and O–H groups in total. The molecule has 0 bridgehead atoms. The van der Waals surface area contributed by atoms with E-state index in [1.165, 1.54) is 16.8 Å². The van der Waals surface area contributed by atoms with Gasteiger partial charge in [-0.3, -0.25) is 0 Å². The average molecular weight is 233 g/mol. The van der Waals surface area contributed by atoms with Crippen LogP contribution in [-0.4, -0.2) is 17.3 Å². The molecule has 1 aliphatic heterocycles. The highest BCUT2D eigenvalue weighted by Crippen LogP contribution is 2.31. The van der Waals surface area contributed by atoms with Crippen LogP contribution in [0.5, 0.6) is 0 Å². The summed E-state index contributed by atoms with van der Waals surface area (Å²) in [5.41, 5.74) is 3.92. The van der Waals surface area contributed by atoms with Gasteiger partial charge in [-0.25, -0.2) is 0 Å². The number of fused-ring (bicyclic) bond motifs is 1. The normalized spacial score (nSPS) is 24.1. The number of aryl methyl sites for hydroxylation is 1. The third-order valence-corrected chi connectivity index (χ3v) is 3.33. The first-order valence-corrected chi connectivity index (χ1v) is 6.39. The summed E-state index contributed by atoms with van der Waals surface area (Å²) in [7, 11) is 0. The highest BCUT2D eigenvalue weighted by Gasteiger charge is 2.29. The van der Waals surface area contributed by atoms with E-state index in [-0.39, 0.29) is 17.6 Å². The van der Waals surface area contributed by atoms with Crippen molar-refractivity contribution in [3.63, 3.8) is 0 Å². The lowest BCUT2D eigenvalue weighted by atomic mass is 9.82. The first-order chi connectivity index (χ1) is 7.85. The van der Waals surface area contributed by atoms with E-state index >= 15 is 0 Å². The molecule has 0 spiro atoms. The summed E-state index contributed by atoms with van der Waals surface area (Å²) < 4.78 is 0. The van der Waals surface area contributed by atoms with Gasteiger partial charge in [0, 0.05) is 12.1 Å². The molecule has 0 saturated carbocycles. The zero-order valence-corrected chi connectivity index (χ0v) is 11.2. The molecule has 0 fully saturated rings. The Hall–Kier alpha value is -1.02. The van der Waals surface area contributed by atoms with Crippen LogP contribution in [0, 0.1) is 12.3 Å². The second-order valence-electron chi connectivity index (χ2n) is 6.45. The molecule has 0 saturated heterocycles. The van der Waals surface area contributed by atoms with Crippen molar-refractivity contribution in [1.82, 2.24) is 0 Å².